The summed E-state index contributed by atoms with van der Waals surface area (Å²) in [5, 5.41) is 12.8. The lowest BCUT2D eigenvalue weighted by Crippen LogP contribution is -2.15. The van der Waals surface area contributed by atoms with Gasteiger partial charge in [0.15, 0.2) is 5.82 Å². The van der Waals surface area contributed by atoms with Crippen LogP contribution in [-0.4, -0.2) is 31.8 Å². The zero-order valence-electron chi connectivity index (χ0n) is 10.7. The van der Waals surface area contributed by atoms with Gasteiger partial charge in [0.25, 0.3) is 0 Å². The summed E-state index contributed by atoms with van der Waals surface area (Å²) < 4.78 is 39.6. The molecule has 0 amide bonds. The van der Waals surface area contributed by atoms with Crippen LogP contribution in [0.25, 0.3) is 0 Å². The highest BCUT2D eigenvalue weighted by atomic mass is 19.4. The van der Waals surface area contributed by atoms with Crippen LogP contribution in [0.15, 0.2) is 12.4 Å². The summed E-state index contributed by atoms with van der Waals surface area (Å²) in [7, 11) is 3.21. The molecule has 0 atom stereocenters. The van der Waals surface area contributed by atoms with E-state index >= 15 is 0 Å². The molecule has 0 fully saturated rings. The van der Waals surface area contributed by atoms with Gasteiger partial charge in [-0.2, -0.15) is 13.2 Å². The minimum atomic E-state index is -4.60. The molecule has 108 valence electrons. The minimum Gasteiger partial charge on any atom is -0.373 e. The molecule has 2 aromatic rings. The van der Waals surface area contributed by atoms with Crippen LogP contribution >= 0.6 is 0 Å². The molecule has 0 saturated heterocycles. The van der Waals surface area contributed by atoms with Gasteiger partial charge in [-0.05, 0) is 0 Å². The van der Waals surface area contributed by atoms with Crippen LogP contribution in [0, 0.1) is 0 Å². The predicted molar refractivity (Wildman–Crippen MR) is 64.9 cm³/mol. The molecule has 0 radical (unpaired) electrons. The summed E-state index contributed by atoms with van der Waals surface area (Å²) in [5.74, 6) is -0.500. The Morgan fingerprint density at radius 2 is 1.95 bits per heavy atom. The molecule has 2 N–H and O–H groups in total. The second-order valence-electron chi connectivity index (χ2n) is 3.92. The molecule has 0 aromatic carbocycles. The number of aryl methyl sites for hydroxylation is 1. The molecule has 0 spiro atoms. The van der Waals surface area contributed by atoms with Crippen molar-refractivity contribution in [3.8, 4) is 0 Å². The Kier molecular flexibility index (Phi) is 3.72. The molecule has 2 rings (SSSR count). The van der Waals surface area contributed by atoms with Crippen LogP contribution in [0.5, 0.6) is 0 Å². The van der Waals surface area contributed by atoms with Gasteiger partial charge in [0.2, 0.25) is 5.82 Å². The summed E-state index contributed by atoms with van der Waals surface area (Å²) >= 11 is 0. The van der Waals surface area contributed by atoms with E-state index in [-0.39, 0.29) is 18.2 Å². The molecule has 2 aromatic heterocycles. The summed E-state index contributed by atoms with van der Waals surface area (Å²) in [6.07, 6.45) is -3.11. The van der Waals surface area contributed by atoms with E-state index in [9.17, 15) is 13.2 Å². The van der Waals surface area contributed by atoms with Gasteiger partial charge in [-0.25, -0.2) is 9.97 Å². The third kappa shape index (κ3) is 3.13. The lowest BCUT2D eigenvalue weighted by molar-refractivity contribution is -0.144. The van der Waals surface area contributed by atoms with Gasteiger partial charge in [0, 0.05) is 20.2 Å². The number of halogens is 3. The average Bonchev–Trinajstić information content (AvgIpc) is 2.80. The van der Waals surface area contributed by atoms with Crippen molar-refractivity contribution in [3.05, 3.63) is 24.0 Å². The van der Waals surface area contributed by atoms with Gasteiger partial charge in [0.1, 0.15) is 18.0 Å². The molecule has 0 bridgehead atoms. The number of nitrogens with one attached hydrogen (secondary N) is 2. The van der Waals surface area contributed by atoms with Crippen molar-refractivity contribution in [1.29, 1.82) is 0 Å². The number of anilines is 2. The van der Waals surface area contributed by atoms with Crippen LogP contribution < -0.4 is 10.6 Å². The molecule has 2 heterocycles. The van der Waals surface area contributed by atoms with E-state index in [1.54, 1.807) is 11.6 Å². The van der Waals surface area contributed by atoms with E-state index < -0.39 is 12.0 Å². The zero-order valence-corrected chi connectivity index (χ0v) is 10.7. The maximum Gasteiger partial charge on any atom is 0.451 e. The van der Waals surface area contributed by atoms with E-state index in [0.717, 1.165) is 0 Å². The Balaban J connectivity index is 2.21. The lowest BCUT2D eigenvalue weighted by atomic mass is 10.4. The van der Waals surface area contributed by atoms with E-state index in [0.29, 0.717) is 5.82 Å². The summed E-state index contributed by atoms with van der Waals surface area (Å²) in [6, 6.07) is 1.38. The second-order valence-corrected chi connectivity index (χ2v) is 3.92. The number of nitrogens with zero attached hydrogens (tertiary/aromatic N) is 5. The molecule has 0 aliphatic carbocycles. The van der Waals surface area contributed by atoms with Gasteiger partial charge in [-0.1, -0.05) is 0 Å². The van der Waals surface area contributed by atoms with Gasteiger partial charge in [-0.15, -0.1) is 10.2 Å². The normalized spacial score (nSPS) is 11.4. The van der Waals surface area contributed by atoms with Crippen LogP contribution in [0.2, 0.25) is 0 Å². The summed E-state index contributed by atoms with van der Waals surface area (Å²) in [5.41, 5.74) is 0. The fourth-order valence-electron chi connectivity index (χ4n) is 1.43. The Morgan fingerprint density at radius 3 is 2.50 bits per heavy atom. The fourth-order valence-corrected chi connectivity index (χ4v) is 1.43. The first-order valence-electron chi connectivity index (χ1n) is 5.61. The number of aromatic nitrogens is 5. The topological polar surface area (TPSA) is 80.5 Å². The van der Waals surface area contributed by atoms with Gasteiger partial charge in [-0.3, -0.25) is 0 Å². The van der Waals surface area contributed by atoms with Crippen molar-refractivity contribution >= 4 is 11.6 Å². The van der Waals surface area contributed by atoms with Gasteiger partial charge >= 0.3 is 6.18 Å². The molecule has 0 aliphatic rings. The van der Waals surface area contributed by atoms with Crippen LogP contribution in [0.4, 0.5) is 24.8 Å². The minimum absolute atomic E-state index is 0.0553. The molecule has 0 unspecified atom stereocenters. The monoisotopic (exact) mass is 287 g/mol. The van der Waals surface area contributed by atoms with Gasteiger partial charge < -0.3 is 15.2 Å². The first kappa shape index (κ1) is 14.0. The highest BCUT2D eigenvalue weighted by molar-refractivity contribution is 5.47. The molecule has 7 nitrogen and oxygen atoms in total. The first-order valence-corrected chi connectivity index (χ1v) is 5.61. The molecular weight excluding hydrogens is 275 g/mol. The summed E-state index contributed by atoms with van der Waals surface area (Å²) in [6.45, 7) is 0.202. The highest BCUT2D eigenvalue weighted by Gasteiger charge is 2.35. The molecule has 10 heteroatoms. The van der Waals surface area contributed by atoms with Crippen LogP contribution in [0.1, 0.15) is 11.6 Å². The van der Waals surface area contributed by atoms with Crippen molar-refractivity contribution < 1.29 is 13.2 Å². The van der Waals surface area contributed by atoms with E-state index in [4.69, 9.17) is 0 Å². The highest BCUT2D eigenvalue weighted by Crippen LogP contribution is 2.28. The van der Waals surface area contributed by atoms with Crippen molar-refractivity contribution in [1.82, 2.24) is 24.7 Å². The van der Waals surface area contributed by atoms with Crippen molar-refractivity contribution in [2.75, 3.05) is 17.7 Å². The third-order valence-electron chi connectivity index (χ3n) is 2.47. The molecule has 0 saturated carbocycles. The zero-order chi connectivity index (χ0) is 14.8. The SMILES string of the molecule is CNc1cc(NCc2nncn2C)nc(C(F)(F)F)n1. The smallest absolute Gasteiger partial charge is 0.373 e. The molecule has 0 aliphatic heterocycles. The molecule has 20 heavy (non-hydrogen) atoms. The number of hydrogen-bond acceptors (Lipinski definition) is 6. The Morgan fingerprint density at radius 1 is 1.25 bits per heavy atom. The van der Waals surface area contributed by atoms with E-state index in [2.05, 4.69) is 30.8 Å². The quantitative estimate of drug-likeness (QED) is 0.881. The maximum atomic E-state index is 12.7. The van der Waals surface area contributed by atoms with Crippen molar-refractivity contribution in [2.24, 2.45) is 7.05 Å². The van der Waals surface area contributed by atoms with Crippen LogP contribution in [0.3, 0.4) is 0 Å². The standard InChI is InChI=1S/C10H12F3N7/c1-14-6-3-7(18-9(17-6)10(11,12)13)15-4-8-19-16-5-20(8)2/h3,5H,4H2,1-2H3,(H2,14,15,17,18). The molecular formula is C10H12F3N7. The predicted octanol–water partition coefficient (Wildman–Crippen LogP) is 1.28. The lowest BCUT2D eigenvalue weighted by Gasteiger charge is -2.11. The largest absolute Gasteiger partial charge is 0.451 e. The third-order valence-corrected chi connectivity index (χ3v) is 2.47. The Labute approximate surface area is 112 Å². The first-order chi connectivity index (χ1) is 9.40. The number of alkyl halides is 3. The Bertz CT molecular complexity index is 593. The number of hydrogen-bond donors (Lipinski definition) is 2. The van der Waals surface area contributed by atoms with Crippen LogP contribution in [-0.2, 0) is 19.8 Å². The van der Waals surface area contributed by atoms with Crippen molar-refractivity contribution in [3.63, 3.8) is 0 Å². The second kappa shape index (κ2) is 5.31. The summed E-state index contributed by atoms with van der Waals surface area (Å²) in [4.78, 5) is 6.80. The number of rotatable bonds is 4. The van der Waals surface area contributed by atoms with E-state index in [1.165, 1.54) is 19.4 Å². The van der Waals surface area contributed by atoms with Gasteiger partial charge in [0.05, 0.1) is 6.54 Å². The maximum absolute atomic E-state index is 12.7. The average molecular weight is 287 g/mol. The van der Waals surface area contributed by atoms with E-state index in [1.807, 2.05) is 0 Å². The Hall–Kier alpha value is -2.39. The van der Waals surface area contributed by atoms with Crippen molar-refractivity contribution in [2.45, 2.75) is 12.7 Å². The fraction of sp³-hybridized carbons (Fsp3) is 0.400.